The molecule has 3 N–H and O–H groups in total. The van der Waals surface area contributed by atoms with Crippen molar-refractivity contribution in [3.8, 4) is 0 Å². The zero-order valence-corrected chi connectivity index (χ0v) is 18.8. The largest absolute Gasteiger partial charge is 0.369 e. The van der Waals surface area contributed by atoms with E-state index in [0.717, 1.165) is 38.9 Å². The molecule has 4 rings (SSSR count). The van der Waals surface area contributed by atoms with Gasteiger partial charge in [0.2, 0.25) is 5.91 Å². The SMILES string of the molecule is CCn1nc(C(=O)Nc2ccc(CCN3CCC(C(N)=O)CC3)cc2)c2ccccc2c1=O. The molecule has 2 heterocycles. The topological polar surface area (TPSA) is 110 Å². The third-order valence-corrected chi connectivity index (χ3v) is 6.30. The zero-order valence-electron chi connectivity index (χ0n) is 18.8. The number of aromatic nitrogens is 2. The minimum atomic E-state index is -0.349. The average Bonchev–Trinajstić information content (AvgIpc) is 2.84. The van der Waals surface area contributed by atoms with Gasteiger partial charge < -0.3 is 16.0 Å². The number of nitrogens with two attached hydrogens (primary N) is 1. The van der Waals surface area contributed by atoms with Gasteiger partial charge in [0.1, 0.15) is 0 Å². The smallest absolute Gasteiger partial charge is 0.276 e. The number of benzene rings is 2. The first-order valence-electron chi connectivity index (χ1n) is 11.4. The van der Waals surface area contributed by atoms with E-state index in [1.165, 1.54) is 10.2 Å². The molecule has 2 aromatic carbocycles. The van der Waals surface area contributed by atoms with Crippen LogP contribution >= 0.6 is 0 Å². The third kappa shape index (κ3) is 5.12. The van der Waals surface area contributed by atoms with Gasteiger partial charge in [0.25, 0.3) is 11.5 Å². The van der Waals surface area contributed by atoms with Gasteiger partial charge in [-0.25, -0.2) is 4.68 Å². The number of piperidine rings is 1. The number of nitrogens with one attached hydrogen (secondary N) is 1. The molecule has 1 aliphatic heterocycles. The lowest BCUT2D eigenvalue weighted by molar-refractivity contribution is -0.123. The summed E-state index contributed by atoms with van der Waals surface area (Å²) in [6, 6.07) is 14.8. The van der Waals surface area contributed by atoms with E-state index in [9.17, 15) is 14.4 Å². The van der Waals surface area contributed by atoms with Gasteiger partial charge in [-0.2, -0.15) is 5.10 Å². The van der Waals surface area contributed by atoms with Crippen molar-refractivity contribution < 1.29 is 9.59 Å². The summed E-state index contributed by atoms with van der Waals surface area (Å²) >= 11 is 0. The van der Waals surface area contributed by atoms with Crippen LogP contribution in [0.5, 0.6) is 0 Å². The Hall–Kier alpha value is -3.52. The lowest BCUT2D eigenvalue weighted by Crippen LogP contribution is -2.39. The molecule has 2 amide bonds. The van der Waals surface area contributed by atoms with Crippen molar-refractivity contribution in [2.75, 3.05) is 25.0 Å². The normalized spacial score (nSPS) is 14.9. The average molecular weight is 448 g/mol. The van der Waals surface area contributed by atoms with Crippen LogP contribution in [-0.2, 0) is 17.8 Å². The van der Waals surface area contributed by atoms with Crippen molar-refractivity contribution in [3.05, 3.63) is 70.1 Å². The molecule has 3 aromatic rings. The van der Waals surface area contributed by atoms with Crippen LogP contribution in [0.2, 0.25) is 0 Å². The number of anilines is 1. The van der Waals surface area contributed by atoms with Gasteiger partial charge in [-0.15, -0.1) is 0 Å². The second kappa shape index (κ2) is 9.95. The van der Waals surface area contributed by atoms with E-state index in [2.05, 4.69) is 15.3 Å². The highest BCUT2D eigenvalue weighted by molar-refractivity contribution is 6.11. The minimum absolute atomic E-state index is 0.00686. The molecule has 8 nitrogen and oxygen atoms in total. The molecule has 0 unspecified atom stereocenters. The number of aryl methyl sites for hydroxylation is 1. The first-order valence-corrected chi connectivity index (χ1v) is 11.4. The number of primary amides is 1. The summed E-state index contributed by atoms with van der Waals surface area (Å²) in [7, 11) is 0. The summed E-state index contributed by atoms with van der Waals surface area (Å²) in [6.45, 7) is 4.92. The second-order valence-corrected chi connectivity index (χ2v) is 8.43. The van der Waals surface area contributed by atoms with Crippen LogP contribution in [0.15, 0.2) is 53.3 Å². The van der Waals surface area contributed by atoms with Gasteiger partial charge in [0, 0.05) is 30.1 Å². The number of carbonyl (C=O) groups excluding carboxylic acids is 2. The molecule has 1 saturated heterocycles. The van der Waals surface area contributed by atoms with Gasteiger partial charge in [-0.1, -0.05) is 30.3 Å². The molecular weight excluding hydrogens is 418 g/mol. The van der Waals surface area contributed by atoms with Gasteiger partial charge in [0.15, 0.2) is 5.69 Å². The Morgan fingerprint density at radius 2 is 1.73 bits per heavy atom. The standard InChI is InChI=1S/C25H29N5O3/c1-2-30-25(33)21-6-4-3-5-20(21)22(28-30)24(32)27-19-9-7-17(8-10-19)11-14-29-15-12-18(13-16-29)23(26)31/h3-10,18H,2,11-16H2,1H3,(H2,26,31)(H,27,32). The van der Waals surface area contributed by atoms with Gasteiger partial charge in [-0.05, 0) is 63.0 Å². The van der Waals surface area contributed by atoms with E-state index in [1.807, 2.05) is 31.2 Å². The minimum Gasteiger partial charge on any atom is -0.369 e. The highest BCUT2D eigenvalue weighted by atomic mass is 16.2. The van der Waals surface area contributed by atoms with Crippen molar-refractivity contribution >= 4 is 28.3 Å². The van der Waals surface area contributed by atoms with Crippen LogP contribution in [0.4, 0.5) is 5.69 Å². The third-order valence-electron chi connectivity index (χ3n) is 6.30. The highest BCUT2D eigenvalue weighted by Crippen LogP contribution is 2.19. The molecule has 172 valence electrons. The number of rotatable bonds is 7. The number of fused-ring (bicyclic) bond motifs is 1. The molecule has 8 heteroatoms. The fourth-order valence-electron chi connectivity index (χ4n) is 4.29. The van der Waals surface area contributed by atoms with E-state index in [1.54, 1.807) is 24.3 Å². The Bertz CT molecular complexity index is 1210. The first-order chi connectivity index (χ1) is 16.0. The maximum Gasteiger partial charge on any atom is 0.276 e. The van der Waals surface area contributed by atoms with Crippen LogP contribution < -0.4 is 16.6 Å². The molecular formula is C25H29N5O3. The Labute approximate surface area is 192 Å². The summed E-state index contributed by atoms with van der Waals surface area (Å²) in [5.41, 5.74) is 7.28. The number of carbonyl (C=O) groups is 2. The Balaban J connectivity index is 1.40. The molecule has 33 heavy (non-hydrogen) atoms. The van der Waals surface area contributed by atoms with Crippen molar-refractivity contribution in [1.82, 2.24) is 14.7 Å². The van der Waals surface area contributed by atoms with Gasteiger partial charge in [0.05, 0.1) is 5.39 Å². The van der Waals surface area contributed by atoms with Gasteiger partial charge in [-0.3, -0.25) is 14.4 Å². The molecule has 0 saturated carbocycles. The van der Waals surface area contributed by atoms with Crippen molar-refractivity contribution in [2.45, 2.75) is 32.7 Å². The van der Waals surface area contributed by atoms with Gasteiger partial charge >= 0.3 is 0 Å². The quantitative estimate of drug-likeness (QED) is 0.578. The number of likely N-dealkylation sites (tertiary alicyclic amines) is 1. The van der Waals surface area contributed by atoms with Crippen LogP contribution in [-0.4, -0.2) is 46.1 Å². The highest BCUT2D eigenvalue weighted by Gasteiger charge is 2.22. The molecule has 1 aliphatic rings. The number of hydrogen-bond donors (Lipinski definition) is 2. The van der Waals surface area contributed by atoms with Crippen molar-refractivity contribution in [3.63, 3.8) is 0 Å². The number of nitrogens with zero attached hydrogens (tertiary/aromatic N) is 3. The summed E-state index contributed by atoms with van der Waals surface area (Å²) in [5.74, 6) is -0.533. The maximum atomic E-state index is 13.0. The summed E-state index contributed by atoms with van der Waals surface area (Å²) < 4.78 is 1.31. The molecule has 1 aromatic heterocycles. The molecule has 0 aliphatic carbocycles. The van der Waals surface area contributed by atoms with E-state index >= 15 is 0 Å². The molecule has 0 atom stereocenters. The lowest BCUT2D eigenvalue weighted by Gasteiger charge is -2.30. The first kappa shape index (κ1) is 22.7. The van der Waals surface area contributed by atoms with E-state index in [-0.39, 0.29) is 29.0 Å². The Kier molecular flexibility index (Phi) is 6.84. The van der Waals surface area contributed by atoms with Crippen LogP contribution in [0.3, 0.4) is 0 Å². The zero-order chi connectivity index (χ0) is 23.4. The van der Waals surface area contributed by atoms with E-state index < -0.39 is 0 Å². The van der Waals surface area contributed by atoms with Crippen molar-refractivity contribution in [2.24, 2.45) is 11.7 Å². The maximum absolute atomic E-state index is 13.0. The van der Waals surface area contributed by atoms with E-state index in [4.69, 9.17) is 5.73 Å². The van der Waals surface area contributed by atoms with Crippen LogP contribution in [0, 0.1) is 5.92 Å². The van der Waals surface area contributed by atoms with E-state index in [0.29, 0.717) is 23.0 Å². The van der Waals surface area contributed by atoms with Crippen molar-refractivity contribution in [1.29, 1.82) is 0 Å². The molecule has 1 fully saturated rings. The monoisotopic (exact) mass is 447 g/mol. The molecule has 0 spiro atoms. The predicted molar refractivity (Wildman–Crippen MR) is 128 cm³/mol. The predicted octanol–water partition coefficient (Wildman–Crippen LogP) is 2.41. The van der Waals surface area contributed by atoms with Crippen LogP contribution in [0.1, 0.15) is 35.8 Å². The fraction of sp³-hybridized carbons (Fsp3) is 0.360. The summed E-state index contributed by atoms with van der Waals surface area (Å²) in [4.78, 5) is 39.1. The lowest BCUT2D eigenvalue weighted by atomic mass is 9.96. The summed E-state index contributed by atoms with van der Waals surface area (Å²) in [5, 5.41) is 8.21. The number of amides is 2. The Morgan fingerprint density at radius 1 is 1.06 bits per heavy atom. The molecule has 0 radical (unpaired) electrons. The fourth-order valence-corrected chi connectivity index (χ4v) is 4.29. The van der Waals surface area contributed by atoms with Crippen LogP contribution in [0.25, 0.3) is 10.8 Å². The molecule has 0 bridgehead atoms. The summed E-state index contributed by atoms with van der Waals surface area (Å²) in [6.07, 6.45) is 2.55. The number of hydrogen-bond acceptors (Lipinski definition) is 5. The second-order valence-electron chi connectivity index (χ2n) is 8.43. The Morgan fingerprint density at radius 3 is 2.36 bits per heavy atom.